The highest BCUT2D eigenvalue weighted by Gasteiger charge is 2.27. The minimum Gasteiger partial charge on any atom is -0.491 e. The molecule has 1 aromatic rings. The molecule has 0 aromatic heterocycles. The van der Waals surface area contributed by atoms with Gasteiger partial charge < -0.3 is 14.6 Å². The van der Waals surface area contributed by atoms with E-state index >= 15 is 0 Å². The topological polar surface area (TPSA) is 38.7 Å². The maximum Gasteiger partial charge on any atom is 0.411 e. The van der Waals surface area contributed by atoms with Gasteiger partial charge in [-0.2, -0.15) is 13.2 Å². The summed E-state index contributed by atoms with van der Waals surface area (Å²) in [4.78, 5) is 0. The monoisotopic (exact) mass is 282 g/mol. The van der Waals surface area contributed by atoms with Crippen molar-refractivity contribution in [2.45, 2.75) is 19.2 Å². The number of halogens is 4. The zero-order chi connectivity index (χ0) is 14.5. The van der Waals surface area contributed by atoms with Crippen LogP contribution in [0, 0.1) is 5.82 Å². The van der Waals surface area contributed by atoms with Gasteiger partial charge in [-0.1, -0.05) is 0 Å². The van der Waals surface area contributed by atoms with Crippen LogP contribution in [0.4, 0.5) is 17.6 Å². The Kier molecular flexibility index (Phi) is 5.56. The molecular weight excluding hydrogens is 268 g/mol. The molecule has 1 aromatic carbocycles. The van der Waals surface area contributed by atoms with Gasteiger partial charge in [0, 0.05) is 5.56 Å². The van der Waals surface area contributed by atoms with E-state index in [9.17, 15) is 22.7 Å². The van der Waals surface area contributed by atoms with Crippen molar-refractivity contribution < 1.29 is 32.1 Å². The Bertz CT molecular complexity index is 404. The molecule has 7 heteroatoms. The summed E-state index contributed by atoms with van der Waals surface area (Å²) in [6, 6.07) is 3.55. The van der Waals surface area contributed by atoms with Crippen molar-refractivity contribution in [3.8, 4) is 5.75 Å². The predicted octanol–water partition coefficient (Wildman–Crippen LogP) is 2.84. The lowest BCUT2D eigenvalue weighted by atomic mass is 10.1. The van der Waals surface area contributed by atoms with Crippen LogP contribution in [-0.2, 0) is 4.74 Å². The van der Waals surface area contributed by atoms with Crippen molar-refractivity contribution in [3.63, 3.8) is 0 Å². The fourth-order valence-electron chi connectivity index (χ4n) is 1.38. The van der Waals surface area contributed by atoms with Crippen molar-refractivity contribution in [1.29, 1.82) is 0 Å². The molecule has 0 fully saturated rings. The van der Waals surface area contributed by atoms with Crippen molar-refractivity contribution in [2.75, 3.05) is 19.8 Å². The lowest BCUT2D eigenvalue weighted by molar-refractivity contribution is -0.175. The Balaban J connectivity index is 2.45. The Labute approximate surface area is 107 Å². The summed E-state index contributed by atoms with van der Waals surface area (Å²) in [6.45, 7) is -0.289. The molecule has 0 saturated carbocycles. The minimum absolute atomic E-state index is 0.124. The van der Waals surface area contributed by atoms with E-state index in [1.165, 1.54) is 13.0 Å². The molecular formula is C12H14F4O3. The van der Waals surface area contributed by atoms with Crippen LogP contribution in [0.2, 0.25) is 0 Å². The number of rotatable bonds is 6. The highest BCUT2D eigenvalue weighted by molar-refractivity contribution is 5.35. The summed E-state index contributed by atoms with van der Waals surface area (Å²) in [5.74, 6) is -0.316. The van der Waals surface area contributed by atoms with Gasteiger partial charge in [0.1, 0.15) is 24.8 Å². The molecule has 1 atom stereocenters. The minimum atomic E-state index is -4.37. The first-order valence-electron chi connectivity index (χ1n) is 5.54. The van der Waals surface area contributed by atoms with Crippen LogP contribution in [-0.4, -0.2) is 31.1 Å². The molecule has 0 bridgehead atoms. The van der Waals surface area contributed by atoms with Crippen molar-refractivity contribution in [1.82, 2.24) is 0 Å². The van der Waals surface area contributed by atoms with Crippen LogP contribution < -0.4 is 4.74 Å². The van der Waals surface area contributed by atoms with Crippen molar-refractivity contribution in [2.24, 2.45) is 0 Å². The molecule has 108 valence electrons. The molecule has 0 aliphatic heterocycles. The molecule has 1 rings (SSSR count). The number of hydrogen-bond acceptors (Lipinski definition) is 3. The molecule has 0 spiro atoms. The fourth-order valence-corrected chi connectivity index (χ4v) is 1.38. The number of aliphatic hydroxyl groups is 1. The lowest BCUT2D eigenvalue weighted by Crippen LogP contribution is -2.19. The second-order valence-corrected chi connectivity index (χ2v) is 3.87. The van der Waals surface area contributed by atoms with Crippen LogP contribution in [0.15, 0.2) is 18.2 Å². The number of alkyl halides is 3. The third kappa shape index (κ3) is 5.89. The van der Waals surface area contributed by atoms with E-state index in [1.807, 2.05) is 0 Å². The second kappa shape index (κ2) is 6.72. The number of aliphatic hydroxyl groups excluding tert-OH is 1. The normalized spacial score (nSPS) is 13.4. The van der Waals surface area contributed by atoms with Crippen LogP contribution in [0.3, 0.4) is 0 Å². The molecule has 0 amide bonds. The quantitative estimate of drug-likeness (QED) is 0.644. The average molecular weight is 282 g/mol. The Morgan fingerprint density at radius 3 is 2.53 bits per heavy atom. The third-order valence-corrected chi connectivity index (χ3v) is 2.17. The van der Waals surface area contributed by atoms with E-state index in [-0.39, 0.29) is 24.5 Å². The fraction of sp³-hybridized carbons (Fsp3) is 0.500. The van der Waals surface area contributed by atoms with Crippen LogP contribution in [0.25, 0.3) is 0 Å². The molecule has 1 N–H and O–H groups in total. The van der Waals surface area contributed by atoms with Gasteiger partial charge in [0.25, 0.3) is 0 Å². The number of ether oxygens (including phenoxy) is 2. The van der Waals surface area contributed by atoms with Gasteiger partial charge >= 0.3 is 6.18 Å². The van der Waals surface area contributed by atoms with Gasteiger partial charge in [0.15, 0.2) is 0 Å². The maximum absolute atomic E-state index is 13.0. The SMILES string of the molecule is CC(O)c1cc(F)ccc1OCCOCC(F)(F)F. The molecule has 0 aliphatic rings. The van der Waals surface area contributed by atoms with Crippen LogP contribution in [0.1, 0.15) is 18.6 Å². The molecule has 0 aliphatic carbocycles. The molecule has 1 unspecified atom stereocenters. The maximum atomic E-state index is 13.0. The van der Waals surface area contributed by atoms with Crippen molar-refractivity contribution in [3.05, 3.63) is 29.6 Å². The highest BCUT2D eigenvalue weighted by atomic mass is 19.4. The van der Waals surface area contributed by atoms with Gasteiger partial charge in [-0.3, -0.25) is 0 Å². The Morgan fingerprint density at radius 1 is 1.26 bits per heavy atom. The zero-order valence-electron chi connectivity index (χ0n) is 10.2. The smallest absolute Gasteiger partial charge is 0.411 e. The Hall–Kier alpha value is -1.34. The Morgan fingerprint density at radius 2 is 1.95 bits per heavy atom. The molecule has 0 radical (unpaired) electrons. The molecule has 3 nitrogen and oxygen atoms in total. The molecule has 0 heterocycles. The summed E-state index contributed by atoms with van der Waals surface area (Å²) in [6.07, 6.45) is -5.32. The predicted molar refractivity (Wildman–Crippen MR) is 59.4 cm³/mol. The van der Waals surface area contributed by atoms with E-state index in [1.54, 1.807) is 0 Å². The van der Waals surface area contributed by atoms with Crippen molar-refractivity contribution >= 4 is 0 Å². The van der Waals surface area contributed by atoms with Gasteiger partial charge in [0.2, 0.25) is 0 Å². The van der Waals surface area contributed by atoms with Gasteiger partial charge in [-0.05, 0) is 25.1 Å². The van der Waals surface area contributed by atoms with E-state index in [0.717, 1.165) is 12.1 Å². The number of hydrogen-bond donors (Lipinski definition) is 1. The third-order valence-electron chi connectivity index (χ3n) is 2.17. The van der Waals surface area contributed by atoms with Gasteiger partial charge in [-0.25, -0.2) is 4.39 Å². The molecule has 0 saturated heterocycles. The van der Waals surface area contributed by atoms with Crippen LogP contribution >= 0.6 is 0 Å². The summed E-state index contributed by atoms with van der Waals surface area (Å²) < 4.78 is 57.8. The van der Waals surface area contributed by atoms with Gasteiger partial charge in [-0.15, -0.1) is 0 Å². The van der Waals surface area contributed by atoms with E-state index in [4.69, 9.17) is 4.74 Å². The number of benzene rings is 1. The summed E-state index contributed by atoms with van der Waals surface area (Å²) in [5, 5.41) is 9.41. The summed E-state index contributed by atoms with van der Waals surface area (Å²) in [7, 11) is 0. The highest BCUT2D eigenvalue weighted by Crippen LogP contribution is 2.25. The largest absolute Gasteiger partial charge is 0.491 e. The average Bonchev–Trinajstić information content (AvgIpc) is 2.28. The summed E-state index contributed by atoms with van der Waals surface area (Å²) >= 11 is 0. The standard InChI is InChI=1S/C12H14F4O3/c1-8(17)10-6-9(13)2-3-11(10)19-5-4-18-7-12(14,15)16/h2-3,6,8,17H,4-5,7H2,1H3. The first-order chi connectivity index (χ1) is 8.79. The van der Waals surface area contributed by atoms with E-state index < -0.39 is 24.7 Å². The van der Waals surface area contributed by atoms with Crippen LogP contribution in [0.5, 0.6) is 5.75 Å². The first kappa shape index (κ1) is 15.7. The zero-order valence-corrected chi connectivity index (χ0v) is 10.2. The van der Waals surface area contributed by atoms with Gasteiger partial charge in [0.05, 0.1) is 12.7 Å². The summed E-state index contributed by atoms with van der Waals surface area (Å²) in [5.41, 5.74) is 0.232. The van der Waals surface area contributed by atoms with E-state index in [0.29, 0.717) is 0 Å². The van der Waals surface area contributed by atoms with E-state index in [2.05, 4.69) is 4.74 Å². The second-order valence-electron chi connectivity index (χ2n) is 3.87. The lowest BCUT2D eigenvalue weighted by Gasteiger charge is -2.14. The first-order valence-corrected chi connectivity index (χ1v) is 5.54. The molecule has 19 heavy (non-hydrogen) atoms.